The van der Waals surface area contributed by atoms with Gasteiger partial charge >= 0.3 is 5.97 Å². The van der Waals surface area contributed by atoms with E-state index in [1.807, 2.05) is 0 Å². The molecular weight excluding hydrogens is 384 g/mol. The van der Waals surface area contributed by atoms with Crippen molar-refractivity contribution in [3.05, 3.63) is 65.2 Å². The van der Waals surface area contributed by atoms with Gasteiger partial charge in [0.25, 0.3) is 11.8 Å². The number of benzene rings is 2. The third-order valence-electron chi connectivity index (χ3n) is 4.73. The highest BCUT2D eigenvalue weighted by molar-refractivity contribution is 6.23. The minimum Gasteiger partial charge on any atom is -0.459 e. The maximum Gasteiger partial charge on any atom is 0.338 e. The first-order valence-electron chi connectivity index (χ1n) is 9.79. The first-order chi connectivity index (χ1) is 14.2. The van der Waals surface area contributed by atoms with Crippen LogP contribution in [0.5, 0.6) is 0 Å². The molecule has 7 heteroatoms. The monoisotopic (exact) mass is 408 g/mol. The summed E-state index contributed by atoms with van der Waals surface area (Å²) < 4.78 is 5.14. The van der Waals surface area contributed by atoms with Crippen LogP contribution in [0.25, 0.3) is 0 Å². The Labute approximate surface area is 175 Å². The second-order valence-electron chi connectivity index (χ2n) is 7.74. The molecule has 1 aliphatic rings. The van der Waals surface area contributed by atoms with Gasteiger partial charge in [0.2, 0.25) is 5.91 Å². The van der Waals surface area contributed by atoms with Crippen LogP contribution >= 0.6 is 0 Å². The molecule has 0 aromatic heterocycles. The summed E-state index contributed by atoms with van der Waals surface area (Å²) in [6, 6.07) is 11.8. The predicted molar refractivity (Wildman–Crippen MR) is 111 cm³/mol. The summed E-state index contributed by atoms with van der Waals surface area (Å²) >= 11 is 0. The number of nitrogens with zero attached hydrogens (tertiary/aromatic N) is 1. The molecule has 1 heterocycles. The fourth-order valence-electron chi connectivity index (χ4n) is 3.37. The lowest BCUT2D eigenvalue weighted by molar-refractivity contribution is -0.121. The molecule has 0 fully saturated rings. The van der Waals surface area contributed by atoms with Crippen LogP contribution in [0, 0.1) is 5.92 Å². The molecule has 0 spiro atoms. The lowest BCUT2D eigenvalue weighted by atomic mass is 10.0. The maximum absolute atomic E-state index is 13.0. The van der Waals surface area contributed by atoms with Gasteiger partial charge in [0.15, 0.2) is 0 Å². The predicted octanol–water partition coefficient (Wildman–Crippen LogP) is 3.51. The van der Waals surface area contributed by atoms with Gasteiger partial charge in [-0.2, -0.15) is 0 Å². The van der Waals surface area contributed by atoms with Gasteiger partial charge in [-0.1, -0.05) is 26.0 Å². The van der Waals surface area contributed by atoms with Gasteiger partial charge in [-0.25, -0.2) is 4.79 Å². The van der Waals surface area contributed by atoms with Gasteiger partial charge in [0, 0.05) is 5.69 Å². The highest BCUT2D eigenvalue weighted by atomic mass is 16.5. The van der Waals surface area contributed by atoms with Gasteiger partial charge in [-0.15, -0.1) is 0 Å². The molecule has 7 nitrogen and oxygen atoms in total. The van der Waals surface area contributed by atoms with Crippen LogP contribution in [0.3, 0.4) is 0 Å². The lowest BCUT2D eigenvalue weighted by Gasteiger charge is -2.28. The summed E-state index contributed by atoms with van der Waals surface area (Å²) in [5, 5.41) is 2.74. The van der Waals surface area contributed by atoms with E-state index in [0.29, 0.717) is 22.4 Å². The van der Waals surface area contributed by atoms with Gasteiger partial charge in [-0.05, 0) is 56.2 Å². The highest BCUT2D eigenvalue weighted by Crippen LogP contribution is 2.27. The Kier molecular flexibility index (Phi) is 6.01. The fraction of sp³-hybridized carbons (Fsp3) is 0.304. The number of ether oxygens (including phenoxy) is 1. The van der Waals surface area contributed by atoms with Crippen LogP contribution in [0.15, 0.2) is 48.5 Å². The quantitative estimate of drug-likeness (QED) is 0.583. The van der Waals surface area contributed by atoms with Crippen molar-refractivity contribution in [2.24, 2.45) is 5.92 Å². The van der Waals surface area contributed by atoms with Gasteiger partial charge < -0.3 is 10.1 Å². The number of carbonyl (C=O) groups is 4. The van der Waals surface area contributed by atoms with Crippen molar-refractivity contribution in [3.8, 4) is 0 Å². The number of imide groups is 1. The number of esters is 1. The molecule has 30 heavy (non-hydrogen) atoms. The van der Waals surface area contributed by atoms with E-state index in [-0.39, 0.29) is 12.0 Å². The Balaban J connectivity index is 1.78. The molecule has 1 atom stereocenters. The van der Waals surface area contributed by atoms with E-state index in [4.69, 9.17) is 4.74 Å². The van der Waals surface area contributed by atoms with E-state index < -0.39 is 29.7 Å². The van der Waals surface area contributed by atoms with Crippen molar-refractivity contribution in [1.82, 2.24) is 4.90 Å². The Morgan fingerprint density at radius 1 is 0.867 bits per heavy atom. The maximum atomic E-state index is 13.0. The summed E-state index contributed by atoms with van der Waals surface area (Å²) in [5.41, 5.74) is 1.41. The Hall–Kier alpha value is -3.48. The summed E-state index contributed by atoms with van der Waals surface area (Å²) in [6.07, 6.45) is -0.233. The first kappa shape index (κ1) is 21.2. The molecule has 3 amide bonds. The Morgan fingerprint density at radius 2 is 1.40 bits per heavy atom. The molecule has 0 saturated heterocycles. The van der Waals surface area contributed by atoms with Crippen molar-refractivity contribution in [3.63, 3.8) is 0 Å². The lowest BCUT2D eigenvalue weighted by Crippen LogP contribution is -2.50. The minimum absolute atomic E-state index is 0.233. The van der Waals surface area contributed by atoms with Crippen LogP contribution < -0.4 is 5.32 Å². The van der Waals surface area contributed by atoms with Gasteiger partial charge in [0.1, 0.15) is 6.04 Å². The topological polar surface area (TPSA) is 92.8 Å². The van der Waals surface area contributed by atoms with Crippen molar-refractivity contribution in [1.29, 1.82) is 0 Å². The van der Waals surface area contributed by atoms with E-state index in [9.17, 15) is 19.2 Å². The molecule has 2 aromatic carbocycles. The number of anilines is 1. The standard InChI is InChI=1S/C23H24N2O5/c1-13(2)19(25-21(27)17-7-5-6-8-18(17)22(25)28)20(26)24-16-11-9-15(10-12-16)23(29)30-14(3)4/h5-14,19H,1-4H3,(H,24,26)/t19-/m1/s1. The molecule has 1 aliphatic heterocycles. The molecule has 156 valence electrons. The third kappa shape index (κ3) is 4.10. The minimum atomic E-state index is -0.969. The van der Waals surface area contributed by atoms with Gasteiger partial charge in [0.05, 0.1) is 22.8 Å². The average molecular weight is 408 g/mol. The summed E-state index contributed by atoms with van der Waals surface area (Å²) in [4.78, 5) is 51.6. The number of carbonyl (C=O) groups excluding carboxylic acids is 4. The van der Waals surface area contributed by atoms with Crippen LogP contribution in [0.2, 0.25) is 0 Å². The Morgan fingerprint density at radius 3 is 1.87 bits per heavy atom. The zero-order valence-corrected chi connectivity index (χ0v) is 17.3. The normalized spacial score (nSPS) is 14.1. The number of hydrogen-bond acceptors (Lipinski definition) is 5. The molecule has 0 radical (unpaired) electrons. The zero-order chi connectivity index (χ0) is 22.0. The van der Waals surface area contributed by atoms with E-state index in [1.165, 1.54) is 0 Å². The van der Waals surface area contributed by atoms with E-state index >= 15 is 0 Å². The van der Waals surface area contributed by atoms with Gasteiger partial charge in [-0.3, -0.25) is 19.3 Å². The van der Waals surface area contributed by atoms with Crippen molar-refractivity contribution >= 4 is 29.4 Å². The van der Waals surface area contributed by atoms with Crippen LogP contribution in [-0.4, -0.2) is 40.7 Å². The molecule has 2 aromatic rings. The summed E-state index contributed by atoms with van der Waals surface area (Å²) in [6.45, 7) is 7.08. The smallest absolute Gasteiger partial charge is 0.338 e. The number of fused-ring (bicyclic) bond motifs is 1. The fourth-order valence-corrected chi connectivity index (χ4v) is 3.37. The molecule has 0 bridgehead atoms. The number of amides is 3. The van der Waals surface area contributed by atoms with E-state index in [0.717, 1.165) is 4.90 Å². The Bertz CT molecular complexity index is 960. The SMILES string of the molecule is CC(C)OC(=O)c1ccc(NC(=O)[C@@H](C(C)C)N2C(=O)c3ccccc3C2=O)cc1. The zero-order valence-electron chi connectivity index (χ0n) is 17.3. The highest BCUT2D eigenvalue weighted by Gasteiger charge is 2.43. The van der Waals surface area contributed by atoms with Crippen LogP contribution in [-0.2, 0) is 9.53 Å². The van der Waals surface area contributed by atoms with E-state index in [1.54, 1.807) is 76.2 Å². The van der Waals surface area contributed by atoms with Crippen molar-refractivity contribution in [2.45, 2.75) is 39.8 Å². The molecule has 1 N–H and O–H groups in total. The summed E-state index contributed by atoms with van der Waals surface area (Å²) in [5.74, 6) is -2.18. The number of rotatable bonds is 6. The molecular formula is C23H24N2O5. The number of nitrogens with one attached hydrogen (secondary N) is 1. The van der Waals surface area contributed by atoms with Crippen LogP contribution in [0.1, 0.15) is 58.8 Å². The van der Waals surface area contributed by atoms with Crippen LogP contribution in [0.4, 0.5) is 5.69 Å². The molecule has 0 unspecified atom stereocenters. The second kappa shape index (κ2) is 8.49. The van der Waals surface area contributed by atoms with E-state index in [2.05, 4.69) is 5.32 Å². The second-order valence-corrected chi connectivity index (χ2v) is 7.74. The molecule has 0 saturated carbocycles. The average Bonchev–Trinajstić information content (AvgIpc) is 2.93. The van der Waals surface area contributed by atoms with Crippen molar-refractivity contribution < 1.29 is 23.9 Å². The van der Waals surface area contributed by atoms with Crippen molar-refractivity contribution in [2.75, 3.05) is 5.32 Å². The third-order valence-corrected chi connectivity index (χ3v) is 4.73. The number of hydrogen-bond donors (Lipinski definition) is 1. The largest absolute Gasteiger partial charge is 0.459 e. The summed E-state index contributed by atoms with van der Waals surface area (Å²) in [7, 11) is 0. The first-order valence-corrected chi connectivity index (χ1v) is 9.79. The molecule has 3 rings (SSSR count). The molecule has 0 aliphatic carbocycles.